The number of methoxy groups -OCH3 is 1. The molecule has 0 saturated heterocycles. The van der Waals surface area contributed by atoms with Crippen LogP contribution in [0.5, 0.6) is 5.75 Å². The number of hydrogen-bond acceptors (Lipinski definition) is 4. The lowest BCUT2D eigenvalue weighted by atomic mass is 10.0. The fourth-order valence-electron chi connectivity index (χ4n) is 1.90. The molecule has 0 aliphatic carbocycles. The molecule has 6 heteroatoms. The van der Waals surface area contributed by atoms with Gasteiger partial charge in [0.05, 0.1) is 12.7 Å². The maximum Gasteiger partial charge on any atom is 0.358 e. The summed E-state index contributed by atoms with van der Waals surface area (Å²) >= 11 is 6.09. The van der Waals surface area contributed by atoms with Crippen LogP contribution in [0.25, 0.3) is 11.3 Å². The van der Waals surface area contributed by atoms with E-state index in [0.29, 0.717) is 22.1 Å². The molecule has 0 aliphatic heterocycles. The standard InChI is InChI=1S/C13H12ClNO4/c1-6-4-8(14)7(2)12(18-3)11(6)10-5-9(13(16)17)15-19-10/h4-5H,1-3H3,(H,16,17). The Kier molecular flexibility index (Phi) is 3.48. The number of carbonyl (C=O) groups is 1. The molecule has 0 saturated carbocycles. The molecule has 1 N–H and O–H groups in total. The average Bonchev–Trinajstić information content (AvgIpc) is 2.82. The number of carboxylic acid groups (broad SMARTS) is 1. The van der Waals surface area contributed by atoms with Crippen LogP contribution < -0.4 is 4.74 Å². The van der Waals surface area contributed by atoms with E-state index < -0.39 is 5.97 Å². The lowest BCUT2D eigenvalue weighted by molar-refractivity contribution is 0.0686. The summed E-state index contributed by atoms with van der Waals surface area (Å²) in [7, 11) is 1.52. The Bertz CT molecular complexity index is 648. The minimum absolute atomic E-state index is 0.149. The second-order valence-corrected chi connectivity index (χ2v) is 4.50. The number of aryl methyl sites for hydroxylation is 1. The molecule has 1 aromatic carbocycles. The monoisotopic (exact) mass is 281 g/mol. The smallest absolute Gasteiger partial charge is 0.358 e. The molecule has 19 heavy (non-hydrogen) atoms. The highest BCUT2D eigenvalue weighted by Gasteiger charge is 2.20. The van der Waals surface area contributed by atoms with E-state index in [2.05, 4.69) is 5.16 Å². The van der Waals surface area contributed by atoms with Gasteiger partial charge in [0.2, 0.25) is 0 Å². The van der Waals surface area contributed by atoms with Crippen molar-refractivity contribution in [3.8, 4) is 17.1 Å². The van der Waals surface area contributed by atoms with E-state index in [1.165, 1.54) is 13.2 Å². The van der Waals surface area contributed by atoms with Crippen LogP contribution in [-0.2, 0) is 0 Å². The van der Waals surface area contributed by atoms with E-state index in [4.69, 9.17) is 26.0 Å². The number of hydrogen-bond donors (Lipinski definition) is 1. The zero-order valence-corrected chi connectivity index (χ0v) is 11.4. The van der Waals surface area contributed by atoms with Gasteiger partial charge < -0.3 is 14.4 Å². The van der Waals surface area contributed by atoms with Gasteiger partial charge in [0.15, 0.2) is 11.5 Å². The van der Waals surface area contributed by atoms with Crippen LogP contribution >= 0.6 is 11.6 Å². The maximum absolute atomic E-state index is 10.8. The number of ether oxygens (including phenoxy) is 1. The van der Waals surface area contributed by atoms with Crippen molar-refractivity contribution < 1.29 is 19.2 Å². The Morgan fingerprint density at radius 3 is 2.63 bits per heavy atom. The predicted molar refractivity (Wildman–Crippen MR) is 69.9 cm³/mol. The number of aromatic carboxylic acids is 1. The number of halogens is 1. The van der Waals surface area contributed by atoms with Gasteiger partial charge in [-0.05, 0) is 25.5 Å². The van der Waals surface area contributed by atoms with Crippen molar-refractivity contribution in [2.45, 2.75) is 13.8 Å². The first-order chi connectivity index (χ1) is 8.95. The molecule has 0 atom stereocenters. The van der Waals surface area contributed by atoms with E-state index >= 15 is 0 Å². The fourth-order valence-corrected chi connectivity index (χ4v) is 2.15. The largest absolute Gasteiger partial charge is 0.496 e. The molecule has 100 valence electrons. The van der Waals surface area contributed by atoms with Gasteiger partial charge in [-0.1, -0.05) is 16.8 Å². The highest BCUT2D eigenvalue weighted by molar-refractivity contribution is 6.31. The minimum atomic E-state index is -1.14. The van der Waals surface area contributed by atoms with Gasteiger partial charge in [0, 0.05) is 16.7 Å². The summed E-state index contributed by atoms with van der Waals surface area (Å²) in [5.41, 5.74) is 2.09. The lowest BCUT2D eigenvalue weighted by Gasteiger charge is -2.13. The number of benzene rings is 1. The van der Waals surface area contributed by atoms with Crippen LogP contribution in [0.2, 0.25) is 5.02 Å². The highest BCUT2D eigenvalue weighted by atomic mass is 35.5. The van der Waals surface area contributed by atoms with E-state index in [1.807, 2.05) is 13.8 Å². The van der Waals surface area contributed by atoms with E-state index in [1.54, 1.807) is 6.07 Å². The third-order valence-electron chi connectivity index (χ3n) is 2.84. The molecule has 1 heterocycles. The molecule has 0 radical (unpaired) electrons. The van der Waals surface area contributed by atoms with E-state index in [9.17, 15) is 4.79 Å². The van der Waals surface area contributed by atoms with Gasteiger partial charge in [-0.15, -0.1) is 0 Å². The van der Waals surface area contributed by atoms with Crippen LogP contribution in [0, 0.1) is 13.8 Å². The van der Waals surface area contributed by atoms with Crippen molar-refractivity contribution in [2.24, 2.45) is 0 Å². The molecule has 5 nitrogen and oxygen atoms in total. The Hall–Kier alpha value is -2.01. The maximum atomic E-state index is 10.8. The molecular formula is C13H12ClNO4. The summed E-state index contributed by atoms with van der Waals surface area (Å²) < 4.78 is 10.4. The second-order valence-electron chi connectivity index (χ2n) is 4.09. The van der Waals surface area contributed by atoms with Crippen LogP contribution in [-0.4, -0.2) is 23.3 Å². The molecular weight excluding hydrogens is 270 g/mol. The second kappa shape index (κ2) is 4.93. The van der Waals surface area contributed by atoms with Crippen molar-refractivity contribution in [2.75, 3.05) is 7.11 Å². The average molecular weight is 282 g/mol. The summed E-state index contributed by atoms with van der Waals surface area (Å²) in [6.45, 7) is 3.66. The molecule has 0 bridgehead atoms. The minimum Gasteiger partial charge on any atom is -0.496 e. The van der Waals surface area contributed by atoms with Gasteiger partial charge in [-0.2, -0.15) is 0 Å². The van der Waals surface area contributed by atoms with Crippen molar-refractivity contribution >= 4 is 17.6 Å². The van der Waals surface area contributed by atoms with Crippen molar-refractivity contribution in [3.05, 3.63) is 34.0 Å². The summed E-state index contributed by atoms with van der Waals surface area (Å²) in [5, 5.41) is 12.9. The summed E-state index contributed by atoms with van der Waals surface area (Å²) in [4.78, 5) is 10.8. The van der Waals surface area contributed by atoms with Crippen LogP contribution in [0.1, 0.15) is 21.6 Å². The van der Waals surface area contributed by atoms with E-state index in [-0.39, 0.29) is 5.69 Å². The van der Waals surface area contributed by atoms with Crippen molar-refractivity contribution in [1.29, 1.82) is 0 Å². The van der Waals surface area contributed by atoms with Crippen molar-refractivity contribution in [1.82, 2.24) is 5.16 Å². The third-order valence-corrected chi connectivity index (χ3v) is 3.24. The molecule has 0 amide bonds. The van der Waals surface area contributed by atoms with Gasteiger partial charge in [0.1, 0.15) is 5.75 Å². The van der Waals surface area contributed by atoms with Gasteiger partial charge >= 0.3 is 5.97 Å². The first-order valence-corrected chi connectivity index (χ1v) is 5.87. The number of rotatable bonds is 3. The first kappa shape index (κ1) is 13.4. The lowest BCUT2D eigenvalue weighted by Crippen LogP contribution is -1.96. The van der Waals surface area contributed by atoms with Gasteiger partial charge in [-0.25, -0.2) is 4.79 Å². The molecule has 2 rings (SSSR count). The van der Waals surface area contributed by atoms with Crippen LogP contribution in [0.3, 0.4) is 0 Å². The summed E-state index contributed by atoms with van der Waals surface area (Å²) in [6.07, 6.45) is 0. The predicted octanol–water partition coefficient (Wildman–Crippen LogP) is 3.32. The quantitative estimate of drug-likeness (QED) is 0.934. The normalized spacial score (nSPS) is 10.5. The molecule has 0 fully saturated rings. The number of carboxylic acids is 1. The van der Waals surface area contributed by atoms with Crippen molar-refractivity contribution in [3.63, 3.8) is 0 Å². The third kappa shape index (κ3) is 2.29. The Morgan fingerprint density at radius 1 is 1.42 bits per heavy atom. The number of nitrogens with zero attached hydrogens (tertiary/aromatic N) is 1. The van der Waals surface area contributed by atoms with Crippen LogP contribution in [0.15, 0.2) is 16.7 Å². The van der Waals surface area contributed by atoms with E-state index in [0.717, 1.165) is 11.1 Å². The van der Waals surface area contributed by atoms with Crippen LogP contribution in [0.4, 0.5) is 0 Å². The Labute approximate surface area is 114 Å². The number of aromatic nitrogens is 1. The molecule has 0 aliphatic rings. The molecule has 0 spiro atoms. The Morgan fingerprint density at radius 2 is 2.11 bits per heavy atom. The Balaban J connectivity index is 2.66. The summed E-state index contributed by atoms with van der Waals surface area (Å²) in [5.74, 6) is -0.248. The highest BCUT2D eigenvalue weighted by Crippen LogP contribution is 2.39. The molecule has 1 aromatic heterocycles. The fraction of sp³-hybridized carbons (Fsp3) is 0.231. The molecule has 2 aromatic rings. The first-order valence-electron chi connectivity index (χ1n) is 5.49. The zero-order chi connectivity index (χ0) is 14.2. The molecule has 0 unspecified atom stereocenters. The van der Waals surface area contributed by atoms with Gasteiger partial charge in [-0.3, -0.25) is 0 Å². The SMILES string of the molecule is COc1c(C)c(Cl)cc(C)c1-c1cc(C(=O)O)no1. The topological polar surface area (TPSA) is 72.6 Å². The summed E-state index contributed by atoms with van der Waals surface area (Å²) in [6, 6.07) is 3.14. The zero-order valence-electron chi connectivity index (χ0n) is 10.7. The van der Waals surface area contributed by atoms with Gasteiger partial charge in [0.25, 0.3) is 0 Å².